The van der Waals surface area contributed by atoms with E-state index in [1.54, 1.807) is 16.7 Å². The average Bonchev–Trinajstić information content (AvgIpc) is 3.45. The molecule has 0 aromatic carbocycles. The smallest absolute Gasteiger partial charge is 0.276 e. The zero-order chi connectivity index (χ0) is 25.6. The Morgan fingerprint density at radius 2 is 2.22 bits per heavy atom. The minimum absolute atomic E-state index is 0.139. The van der Waals surface area contributed by atoms with Gasteiger partial charge in [0.1, 0.15) is 24.2 Å². The third-order valence-corrected chi connectivity index (χ3v) is 9.52. The number of nitrogens with two attached hydrogens (primary N) is 1. The van der Waals surface area contributed by atoms with Crippen LogP contribution in [0, 0.1) is 0 Å². The lowest BCUT2D eigenvalue weighted by Gasteiger charge is -2.50. The van der Waals surface area contributed by atoms with Gasteiger partial charge in [-0.3, -0.25) is 14.5 Å². The first-order valence-corrected chi connectivity index (χ1v) is 14.0. The number of hydrogen-bond acceptors (Lipinski definition) is 11. The Hall–Kier alpha value is -3.01. The molecule has 36 heavy (non-hydrogen) atoms. The van der Waals surface area contributed by atoms with E-state index >= 15 is 0 Å². The average molecular weight is 610 g/mol. The van der Waals surface area contributed by atoms with Gasteiger partial charge in [-0.15, -0.1) is 34.4 Å². The van der Waals surface area contributed by atoms with Crippen molar-refractivity contribution in [2.24, 2.45) is 5.16 Å². The van der Waals surface area contributed by atoms with E-state index in [0.717, 1.165) is 25.9 Å². The number of amides is 2. The number of nitrogens with zero attached hydrogens (tertiary/aromatic N) is 4. The lowest BCUT2D eigenvalue weighted by atomic mass is 10.0. The molecule has 5 rings (SSSR count). The fraction of sp³-hybridized carbons (Fsp3) is 0.238. The van der Waals surface area contributed by atoms with E-state index in [-0.39, 0.29) is 28.8 Å². The molecule has 186 valence electrons. The van der Waals surface area contributed by atoms with Crippen LogP contribution in [-0.4, -0.2) is 57.7 Å². The van der Waals surface area contributed by atoms with Crippen LogP contribution in [0.5, 0.6) is 0 Å². The van der Waals surface area contributed by atoms with Crippen molar-refractivity contribution in [1.29, 1.82) is 0 Å². The minimum atomic E-state index is -1.44. The number of thioether (sulfide) groups is 1. The zero-order valence-corrected chi connectivity index (χ0v) is 22.5. The first-order valence-electron chi connectivity index (χ1n) is 10.4. The number of carboxylic acids is 1. The number of thiophene rings is 1. The number of β-lactam (4-membered cyclic amide) rings is 1. The number of halogens is 1. The van der Waals surface area contributed by atoms with Gasteiger partial charge in [-0.05, 0) is 15.9 Å². The van der Waals surface area contributed by atoms with E-state index in [4.69, 9.17) is 10.6 Å². The third-order valence-electron chi connectivity index (χ3n) is 5.59. The Morgan fingerprint density at radius 1 is 1.42 bits per heavy atom. The topological polar surface area (TPSA) is 154 Å². The Labute approximate surface area is 224 Å². The monoisotopic (exact) mass is 608 g/mol. The second kappa shape index (κ2) is 9.80. The molecule has 2 amide bonds. The first kappa shape index (κ1) is 24.7. The zero-order valence-electron chi connectivity index (χ0n) is 18.5. The van der Waals surface area contributed by atoms with Gasteiger partial charge in [0.25, 0.3) is 11.8 Å². The number of aliphatic carboxylic acids is 1. The van der Waals surface area contributed by atoms with Crippen molar-refractivity contribution >= 4 is 89.1 Å². The number of aromatic nitrogens is 2. The maximum Gasteiger partial charge on any atom is 0.276 e. The summed E-state index contributed by atoms with van der Waals surface area (Å²) in [4.78, 5) is 47.9. The van der Waals surface area contributed by atoms with Crippen LogP contribution in [0.1, 0.15) is 5.69 Å². The van der Waals surface area contributed by atoms with Crippen LogP contribution in [0.3, 0.4) is 0 Å². The number of carboxylic acid groups (broad SMARTS) is 1. The van der Waals surface area contributed by atoms with Crippen LogP contribution >= 0.6 is 50.4 Å². The SMILES string of the molecule is CO/N=C(\C(=O)NC1C(=O)N2C(C(=O)[O-])=C(C[n+]3ccc4scc(Br)c4c3)CS[C@H]12)c1csc(N)n1. The highest BCUT2D eigenvalue weighted by Gasteiger charge is 2.53. The summed E-state index contributed by atoms with van der Waals surface area (Å²) < 4.78 is 3.92. The summed E-state index contributed by atoms with van der Waals surface area (Å²) in [5.74, 6) is -2.32. The molecule has 15 heteroatoms. The molecular weight excluding hydrogens is 592 g/mol. The van der Waals surface area contributed by atoms with Crippen LogP contribution in [0.2, 0.25) is 0 Å². The van der Waals surface area contributed by atoms with E-state index in [1.807, 2.05) is 28.4 Å². The molecule has 5 heterocycles. The highest BCUT2D eigenvalue weighted by Crippen LogP contribution is 2.40. The number of carbonyl (C=O) groups excluding carboxylic acids is 3. The molecule has 0 bridgehead atoms. The molecule has 3 aromatic rings. The van der Waals surface area contributed by atoms with Crippen LogP contribution in [0.4, 0.5) is 5.13 Å². The van der Waals surface area contributed by atoms with Crippen molar-refractivity contribution in [3.63, 3.8) is 0 Å². The number of thiazole rings is 1. The number of oxime groups is 1. The molecule has 1 fully saturated rings. The summed E-state index contributed by atoms with van der Waals surface area (Å²) in [5.41, 5.74) is 6.10. The summed E-state index contributed by atoms with van der Waals surface area (Å²) >= 11 is 7.61. The van der Waals surface area contributed by atoms with Gasteiger partial charge in [0.05, 0.1) is 17.1 Å². The van der Waals surface area contributed by atoms with Crippen LogP contribution in [0.15, 0.2) is 50.1 Å². The van der Waals surface area contributed by atoms with Crippen molar-refractivity contribution in [2.45, 2.75) is 18.0 Å². The number of fused-ring (bicyclic) bond motifs is 2. The molecule has 3 aromatic heterocycles. The molecule has 11 nitrogen and oxygen atoms in total. The number of carbonyl (C=O) groups is 3. The van der Waals surface area contributed by atoms with E-state index in [2.05, 4.69) is 31.4 Å². The summed E-state index contributed by atoms with van der Waals surface area (Å²) in [6, 6.07) is 1.01. The van der Waals surface area contributed by atoms with Gasteiger partial charge < -0.3 is 25.8 Å². The molecule has 1 saturated heterocycles. The van der Waals surface area contributed by atoms with E-state index < -0.39 is 29.2 Å². The second-order valence-electron chi connectivity index (χ2n) is 7.77. The van der Waals surface area contributed by atoms with Gasteiger partial charge in [-0.25, -0.2) is 9.55 Å². The van der Waals surface area contributed by atoms with Crippen molar-refractivity contribution in [2.75, 3.05) is 18.6 Å². The highest BCUT2D eigenvalue weighted by atomic mass is 79.9. The largest absolute Gasteiger partial charge is 0.543 e. The normalized spacial score (nSPS) is 19.8. The van der Waals surface area contributed by atoms with Crippen molar-refractivity contribution < 1.29 is 28.9 Å². The summed E-state index contributed by atoms with van der Waals surface area (Å²) in [6.45, 7) is 0.276. The lowest BCUT2D eigenvalue weighted by Crippen LogP contribution is -2.71. The van der Waals surface area contributed by atoms with Gasteiger partial charge >= 0.3 is 0 Å². The molecule has 0 saturated carbocycles. The highest BCUT2D eigenvalue weighted by molar-refractivity contribution is 9.10. The maximum atomic E-state index is 13.0. The molecule has 2 aliphatic rings. The minimum Gasteiger partial charge on any atom is -0.543 e. The number of nitrogens with one attached hydrogen (secondary N) is 1. The van der Waals surface area contributed by atoms with Gasteiger partial charge in [-0.2, -0.15) is 0 Å². The predicted molar refractivity (Wildman–Crippen MR) is 137 cm³/mol. The lowest BCUT2D eigenvalue weighted by molar-refractivity contribution is -0.687. The number of hydrogen-bond donors (Lipinski definition) is 2. The summed E-state index contributed by atoms with van der Waals surface area (Å²) in [7, 11) is 1.28. The number of anilines is 1. The van der Waals surface area contributed by atoms with Gasteiger partial charge in [0.2, 0.25) is 0 Å². The quantitative estimate of drug-likeness (QED) is 0.169. The van der Waals surface area contributed by atoms with Crippen molar-refractivity contribution in [1.82, 2.24) is 15.2 Å². The van der Waals surface area contributed by atoms with Crippen molar-refractivity contribution in [3.05, 3.63) is 50.7 Å². The molecule has 1 unspecified atom stereocenters. The van der Waals surface area contributed by atoms with E-state index in [0.29, 0.717) is 11.3 Å². The van der Waals surface area contributed by atoms with E-state index in [9.17, 15) is 19.5 Å². The van der Waals surface area contributed by atoms with Gasteiger partial charge in [0.15, 0.2) is 29.8 Å². The first-order chi connectivity index (χ1) is 17.3. The third kappa shape index (κ3) is 4.36. The van der Waals surface area contributed by atoms with Crippen LogP contribution < -0.4 is 20.7 Å². The van der Waals surface area contributed by atoms with Crippen LogP contribution in [-0.2, 0) is 25.8 Å². The number of pyridine rings is 1. The van der Waals surface area contributed by atoms with Gasteiger partial charge in [-0.1, -0.05) is 5.16 Å². The number of rotatable bonds is 7. The number of nitrogen functional groups attached to an aromatic ring is 1. The Balaban J connectivity index is 1.36. The molecule has 0 radical (unpaired) electrons. The fourth-order valence-corrected chi connectivity index (χ4v) is 7.40. The molecule has 0 spiro atoms. The fourth-order valence-electron chi connectivity index (χ4n) is 4.00. The van der Waals surface area contributed by atoms with E-state index in [1.165, 1.54) is 23.8 Å². The molecule has 2 atom stereocenters. The van der Waals surface area contributed by atoms with Crippen LogP contribution in [0.25, 0.3) is 10.1 Å². The molecular formula is C21H17BrN6O5S3. The van der Waals surface area contributed by atoms with Gasteiger partial charge in [0, 0.05) is 37.3 Å². The predicted octanol–water partition coefficient (Wildman–Crippen LogP) is 0.445. The van der Waals surface area contributed by atoms with Crippen molar-refractivity contribution in [3.8, 4) is 0 Å². The maximum absolute atomic E-state index is 13.0. The molecule has 2 aliphatic heterocycles. The Morgan fingerprint density at radius 3 is 2.92 bits per heavy atom. The second-order valence-corrected chi connectivity index (χ2v) is 11.5. The summed E-state index contributed by atoms with van der Waals surface area (Å²) in [6.07, 6.45) is 3.79. The Kier molecular flexibility index (Phi) is 6.72. The summed E-state index contributed by atoms with van der Waals surface area (Å²) in [5, 5.41) is 22.6. The molecule has 3 N–H and O–H groups in total. The molecule has 0 aliphatic carbocycles. The Bertz CT molecular complexity index is 1470. The standard InChI is InChI=1S/C21H17BrN6O5S3/c1-33-26-14(12-8-36-21(23)24-12)17(29)25-15-18(30)28-16(20(31)32)9(6-35-19(15)28)4-27-3-2-13-10(5-27)11(22)7-34-13/h2-3,5,7-8,15,19H,4,6H2,1H3,(H3-,23,24,25,29,31,32)/b26-14-/t15?,19-/m1/s1.